The van der Waals surface area contributed by atoms with Gasteiger partial charge < -0.3 is 18.9 Å². The summed E-state index contributed by atoms with van der Waals surface area (Å²) in [6.45, 7) is 5.15. The highest BCUT2D eigenvalue weighted by Gasteiger charge is 2.22. The van der Waals surface area contributed by atoms with Gasteiger partial charge in [-0.1, -0.05) is 23.4 Å². The maximum Gasteiger partial charge on any atom is 0.259 e. The van der Waals surface area contributed by atoms with E-state index in [1.807, 2.05) is 46.7 Å². The van der Waals surface area contributed by atoms with Gasteiger partial charge in [-0.25, -0.2) is 4.98 Å². The van der Waals surface area contributed by atoms with E-state index in [1.54, 1.807) is 18.6 Å². The summed E-state index contributed by atoms with van der Waals surface area (Å²) < 4.78 is 7.18. The van der Waals surface area contributed by atoms with Crippen molar-refractivity contribution in [2.75, 3.05) is 31.1 Å². The molecule has 162 valence electrons. The highest BCUT2D eigenvalue weighted by atomic mass is 16.5. The molecule has 1 aromatic carbocycles. The third-order valence-electron chi connectivity index (χ3n) is 5.60. The number of hydrogen-bond acceptors (Lipinski definition) is 7. The molecule has 0 aliphatic carbocycles. The van der Waals surface area contributed by atoms with Crippen LogP contribution in [0.25, 0.3) is 23.0 Å². The fourth-order valence-electron chi connectivity index (χ4n) is 3.81. The summed E-state index contributed by atoms with van der Waals surface area (Å²) in [5.41, 5.74) is 2.51. The number of piperazine rings is 1. The molecule has 9 heteroatoms. The number of aromatic nitrogens is 5. The third kappa shape index (κ3) is 4.09. The first kappa shape index (κ1) is 19.9. The number of carbonyl (C=O) groups is 1. The largest absolute Gasteiger partial charge is 0.368 e. The van der Waals surface area contributed by atoms with Crippen molar-refractivity contribution < 1.29 is 9.32 Å². The molecule has 0 unspecified atom stereocenters. The van der Waals surface area contributed by atoms with Crippen LogP contribution in [-0.2, 0) is 11.3 Å². The van der Waals surface area contributed by atoms with Gasteiger partial charge in [0.05, 0.1) is 5.56 Å². The summed E-state index contributed by atoms with van der Waals surface area (Å²) in [6.07, 6.45) is 5.15. The smallest absolute Gasteiger partial charge is 0.259 e. The van der Waals surface area contributed by atoms with E-state index in [2.05, 4.69) is 37.1 Å². The average molecular weight is 429 g/mol. The number of hydrogen-bond donors (Lipinski definition) is 0. The molecule has 1 amide bonds. The van der Waals surface area contributed by atoms with Crippen LogP contribution in [0.4, 0.5) is 5.69 Å². The molecular formula is C23H23N7O2. The van der Waals surface area contributed by atoms with Crippen molar-refractivity contribution in [2.45, 2.75) is 13.5 Å². The second-order valence-electron chi connectivity index (χ2n) is 7.67. The van der Waals surface area contributed by atoms with Gasteiger partial charge in [-0.15, -0.1) is 0 Å². The van der Waals surface area contributed by atoms with E-state index in [4.69, 9.17) is 4.52 Å². The van der Waals surface area contributed by atoms with Gasteiger partial charge in [0.25, 0.3) is 5.89 Å². The Labute approximate surface area is 185 Å². The highest BCUT2D eigenvalue weighted by Crippen LogP contribution is 2.21. The molecule has 1 saturated heterocycles. The highest BCUT2D eigenvalue weighted by molar-refractivity contribution is 5.76. The van der Waals surface area contributed by atoms with E-state index in [-0.39, 0.29) is 12.5 Å². The van der Waals surface area contributed by atoms with Crippen molar-refractivity contribution in [1.29, 1.82) is 0 Å². The summed E-state index contributed by atoms with van der Waals surface area (Å²) in [6, 6.07) is 14.0. The van der Waals surface area contributed by atoms with Crippen LogP contribution in [0, 0.1) is 6.92 Å². The van der Waals surface area contributed by atoms with Gasteiger partial charge in [-0.2, -0.15) is 4.98 Å². The van der Waals surface area contributed by atoms with Gasteiger partial charge in [-0.05, 0) is 31.2 Å². The number of pyridine rings is 1. The van der Waals surface area contributed by atoms with Crippen LogP contribution in [0.2, 0.25) is 0 Å². The van der Waals surface area contributed by atoms with Crippen molar-refractivity contribution >= 4 is 11.6 Å². The van der Waals surface area contributed by atoms with Crippen LogP contribution in [0.15, 0.2) is 65.6 Å². The van der Waals surface area contributed by atoms with Crippen molar-refractivity contribution in [3.8, 4) is 23.0 Å². The normalized spacial score (nSPS) is 14.0. The molecule has 0 radical (unpaired) electrons. The Morgan fingerprint density at radius 1 is 1.03 bits per heavy atom. The number of rotatable bonds is 5. The molecule has 0 saturated carbocycles. The summed E-state index contributed by atoms with van der Waals surface area (Å²) >= 11 is 0. The Kier molecular flexibility index (Phi) is 5.37. The number of amides is 1. The minimum Gasteiger partial charge on any atom is -0.368 e. The first-order valence-electron chi connectivity index (χ1n) is 10.5. The van der Waals surface area contributed by atoms with E-state index >= 15 is 0 Å². The summed E-state index contributed by atoms with van der Waals surface area (Å²) in [5.74, 6) is 1.57. The van der Waals surface area contributed by atoms with E-state index in [9.17, 15) is 4.79 Å². The first-order valence-corrected chi connectivity index (χ1v) is 10.5. The van der Waals surface area contributed by atoms with E-state index < -0.39 is 0 Å². The number of para-hydroxylation sites is 1. The lowest BCUT2D eigenvalue weighted by Crippen LogP contribution is -2.49. The predicted molar refractivity (Wildman–Crippen MR) is 119 cm³/mol. The Bertz CT molecular complexity index is 1200. The third-order valence-corrected chi connectivity index (χ3v) is 5.60. The van der Waals surface area contributed by atoms with Crippen LogP contribution < -0.4 is 4.90 Å². The molecule has 32 heavy (non-hydrogen) atoms. The predicted octanol–water partition coefficient (Wildman–Crippen LogP) is 2.65. The minimum absolute atomic E-state index is 0.0777. The summed E-state index contributed by atoms with van der Waals surface area (Å²) in [7, 11) is 0. The quantitative estimate of drug-likeness (QED) is 0.481. The Morgan fingerprint density at radius 3 is 2.59 bits per heavy atom. The Balaban J connectivity index is 1.23. The van der Waals surface area contributed by atoms with Crippen molar-refractivity contribution in [1.82, 2.24) is 29.6 Å². The number of carbonyl (C=O) groups excluding carboxylic acids is 1. The molecular weight excluding hydrogens is 406 g/mol. The van der Waals surface area contributed by atoms with Gasteiger partial charge in [0.15, 0.2) is 0 Å². The number of benzene rings is 1. The molecule has 0 N–H and O–H groups in total. The zero-order valence-corrected chi connectivity index (χ0v) is 17.8. The van der Waals surface area contributed by atoms with Crippen molar-refractivity contribution in [2.24, 2.45) is 0 Å². The number of imidazole rings is 1. The van der Waals surface area contributed by atoms with Crippen LogP contribution in [0.5, 0.6) is 0 Å². The zero-order chi connectivity index (χ0) is 21.9. The lowest BCUT2D eigenvalue weighted by Gasteiger charge is -2.36. The molecule has 1 aliphatic heterocycles. The Hall–Kier alpha value is -4.01. The monoisotopic (exact) mass is 429 g/mol. The Morgan fingerprint density at radius 2 is 1.84 bits per heavy atom. The lowest BCUT2D eigenvalue weighted by molar-refractivity contribution is -0.132. The SMILES string of the molecule is Cc1nc(-c2noc(-c3cccnc3)n2)cn1CC(=O)N1CCN(c2ccccc2)CC1. The van der Waals surface area contributed by atoms with Gasteiger partial charge in [0.1, 0.15) is 18.1 Å². The van der Waals surface area contributed by atoms with Crippen LogP contribution in [0.1, 0.15) is 5.82 Å². The molecule has 0 bridgehead atoms. The maximum atomic E-state index is 12.9. The molecule has 4 heterocycles. The van der Waals surface area contributed by atoms with Crippen molar-refractivity contribution in [3.63, 3.8) is 0 Å². The van der Waals surface area contributed by atoms with Gasteiger partial charge in [0, 0.05) is 50.5 Å². The second-order valence-corrected chi connectivity index (χ2v) is 7.67. The number of anilines is 1. The van der Waals surface area contributed by atoms with Gasteiger partial charge in [-0.3, -0.25) is 9.78 Å². The molecule has 4 aromatic rings. The maximum absolute atomic E-state index is 12.9. The lowest BCUT2D eigenvalue weighted by atomic mass is 10.2. The van der Waals surface area contributed by atoms with Gasteiger partial charge in [0.2, 0.25) is 11.7 Å². The second kappa shape index (κ2) is 8.62. The topological polar surface area (TPSA) is 93.2 Å². The number of aryl methyl sites for hydroxylation is 1. The average Bonchev–Trinajstić information content (AvgIpc) is 3.48. The molecule has 3 aromatic heterocycles. The summed E-state index contributed by atoms with van der Waals surface area (Å²) in [5, 5.41) is 4.03. The number of nitrogens with zero attached hydrogens (tertiary/aromatic N) is 7. The van der Waals surface area contributed by atoms with Crippen LogP contribution in [0.3, 0.4) is 0 Å². The standard InChI is InChI=1S/C23H23N7O2/c1-17-25-20(22-26-23(32-27-22)18-6-5-9-24-14-18)15-30(17)16-21(31)29-12-10-28(11-13-29)19-7-3-2-4-8-19/h2-9,14-15H,10-13,16H2,1H3. The van der Waals surface area contributed by atoms with E-state index in [1.165, 1.54) is 5.69 Å². The zero-order valence-electron chi connectivity index (χ0n) is 17.8. The van der Waals surface area contributed by atoms with Crippen molar-refractivity contribution in [3.05, 3.63) is 66.9 Å². The van der Waals surface area contributed by atoms with E-state index in [0.29, 0.717) is 30.5 Å². The molecule has 9 nitrogen and oxygen atoms in total. The molecule has 0 atom stereocenters. The first-order chi connectivity index (χ1) is 15.7. The summed E-state index contributed by atoms with van der Waals surface area (Å²) in [4.78, 5) is 30.1. The van der Waals surface area contributed by atoms with E-state index in [0.717, 1.165) is 24.5 Å². The molecule has 1 aliphatic rings. The minimum atomic E-state index is 0.0777. The fourth-order valence-corrected chi connectivity index (χ4v) is 3.81. The molecule has 0 spiro atoms. The molecule has 1 fully saturated rings. The molecule has 5 rings (SSSR count). The van der Waals surface area contributed by atoms with Crippen LogP contribution in [-0.4, -0.2) is 61.7 Å². The van der Waals surface area contributed by atoms with Crippen LogP contribution >= 0.6 is 0 Å². The van der Waals surface area contributed by atoms with Gasteiger partial charge >= 0.3 is 0 Å². The fraction of sp³-hybridized carbons (Fsp3) is 0.261.